The summed E-state index contributed by atoms with van der Waals surface area (Å²) in [5, 5.41) is 2.75. The minimum atomic E-state index is -3.23. The Morgan fingerprint density at radius 3 is 2.45 bits per heavy atom. The summed E-state index contributed by atoms with van der Waals surface area (Å²) in [5.41, 5.74) is 0.704. The Balaban J connectivity index is 1.86. The summed E-state index contributed by atoms with van der Waals surface area (Å²) in [5.74, 6) is -0.179. The highest BCUT2D eigenvalue weighted by Gasteiger charge is 2.34. The van der Waals surface area contributed by atoms with Gasteiger partial charge < -0.3 is 5.32 Å². The van der Waals surface area contributed by atoms with Gasteiger partial charge in [0.1, 0.15) is 0 Å². The number of carbonyl (C=O) groups is 1. The van der Waals surface area contributed by atoms with E-state index in [4.69, 9.17) is 0 Å². The molecule has 1 aromatic rings. The molecule has 0 saturated heterocycles. The first kappa shape index (κ1) is 15.5. The fraction of sp³-hybridized carbons (Fsp3) is 0.462. The molecule has 5 nitrogen and oxygen atoms in total. The van der Waals surface area contributed by atoms with Crippen LogP contribution in [0.3, 0.4) is 0 Å². The van der Waals surface area contributed by atoms with Crippen molar-refractivity contribution >= 4 is 37.5 Å². The van der Waals surface area contributed by atoms with Gasteiger partial charge in [-0.2, -0.15) is 4.31 Å². The quantitative estimate of drug-likeness (QED) is 0.845. The zero-order chi connectivity index (χ0) is 14.8. The largest absolute Gasteiger partial charge is 0.326 e. The van der Waals surface area contributed by atoms with Crippen LogP contribution in [0.1, 0.15) is 19.3 Å². The number of hydrogen-bond donors (Lipinski definition) is 1. The van der Waals surface area contributed by atoms with Crippen LogP contribution in [0.5, 0.6) is 0 Å². The first-order valence-electron chi connectivity index (χ1n) is 6.38. The van der Waals surface area contributed by atoms with Gasteiger partial charge in [0.05, 0.1) is 6.26 Å². The lowest BCUT2D eigenvalue weighted by Crippen LogP contribution is -2.34. The Morgan fingerprint density at radius 2 is 1.95 bits per heavy atom. The van der Waals surface area contributed by atoms with Gasteiger partial charge in [-0.05, 0) is 37.1 Å². The van der Waals surface area contributed by atoms with Gasteiger partial charge in [0.2, 0.25) is 15.9 Å². The number of sulfonamides is 1. The van der Waals surface area contributed by atoms with Crippen molar-refractivity contribution in [1.29, 1.82) is 0 Å². The first-order valence-corrected chi connectivity index (χ1v) is 9.02. The van der Waals surface area contributed by atoms with Crippen LogP contribution in [-0.2, 0) is 14.8 Å². The van der Waals surface area contributed by atoms with E-state index in [1.807, 2.05) is 12.1 Å². The van der Waals surface area contributed by atoms with Gasteiger partial charge in [-0.1, -0.05) is 15.9 Å². The maximum atomic E-state index is 11.8. The highest BCUT2D eigenvalue weighted by molar-refractivity contribution is 9.10. The molecule has 1 aliphatic carbocycles. The molecule has 110 valence electrons. The summed E-state index contributed by atoms with van der Waals surface area (Å²) < 4.78 is 25.6. The average molecular weight is 361 g/mol. The van der Waals surface area contributed by atoms with Crippen molar-refractivity contribution in [2.75, 3.05) is 18.1 Å². The van der Waals surface area contributed by atoms with Crippen molar-refractivity contribution in [2.24, 2.45) is 0 Å². The topological polar surface area (TPSA) is 66.5 Å². The zero-order valence-electron chi connectivity index (χ0n) is 11.2. The second-order valence-corrected chi connectivity index (χ2v) is 7.76. The molecule has 2 rings (SSSR count). The van der Waals surface area contributed by atoms with Crippen LogP contribution in [0.2, 0.25) is 0 Å². The molecular formula is C13H17BrN2O3S. The second-order valence-electron chi connectivity index (χ2n) is 4.91. The number of nitrogens with zero attached hydrogens (tertiary/aromatic N) is 1. The van der Waals surface area contributed by atoms with Crippen LogP contribution >= 0.6 is 15.9 Å². The highest BCUT2D eigenvalue weighted by Crippen LogP contribution is 2.28. The summed E-state index contributed by atoms with van der Waals surface area (Å²) in [6.07, 6.45) is 3.14. The Labute approximate surface area is 127 Å². The van der Waals surface area contributed by atoms with Gasteiger partial charge in [0.15, 0.2) is 0 Å². The summed E-state index contributed by atoms with van der Waals surface area (Å²) in [6.45, 7) is 0.242. The molecule has 1 fully saturated rings. The van der Waals surface area contributed by atoms with Crippen molar-refractivity contribution in [3.63, 3.8) is 0 Å². The number of benzene rings is 1. The smallest absolute Gasteiger partial charge is 0.225 e. The van der Waals surface area contributed by atoms with Crippen LogP contribution in [0.15, 0.2) is 28.7 Å². The van der Waals surface area contributed by atoms with E-state index in [1.54, 1.807) is 12.1 Å². The van der Waals surface area contributed by atoms with E-state index in [1.165, 1.54) is 10.6 Å². The average Bonchev–Trinajstić information content (AvgIpc) is 3.15. The van der Waals surface area contributed by atoms with Gasteiger partial charge in [0.25, 0.3) is 0 Å². The molecule has 0 unspecified atom stereocenters. The number of amides is 1. The number of rotatable bonds is 6. The molecular weight excluding hydrogens is 344 g/mol. The number of halogens is 1. The van der Waals surface area contributed by atoms with Crippen molar-refractivity contribution in [1.82, 2.24) is 4.31 Å². The van der Waals surface area contributed by atoms with Gasteiger partial charge >= 0.3 is 0 Å². The Morgan fingerprint density at radius 1 is 1.35 bits per heavy atom. The van der Waals surface area contributed by atoms with Crippen molar-refractivity contribution in [2.45, 2.75) is 25.3 Å². The number of nitrogens with one attached hydrogen (secondary N) is 1. The van der Waals surface area contributed by atoms with E-state index < -0.39 is 10.0 Å². The third kappa shape index (κ3) is 4.57. The predicted octanol–water partition coefficient (Wildman–Crippen LogP) is 2.20. The zero-order valence-corrected chi connectivity index (χ0v) is 13.6. The SMILES string of the molecule is CS(=O)(=O)N(CCC(=O)Nc1ccc(Br)cc1)C1CC1. The lowest BCUT2D eigenvalue weighted by Gasteiger charge is -2.18. The first-order chi connectivity index (χ1) is 9.36. The van der Waals surface area contributed by atoms with E-state index >= 15 is 0 Å². The Bertz CT molecular complexity index is 582. The van der Waals surface area contributed by atoms with Gasteiger partial charge in [-0.25, -0.2) is 8.42 Å². The molecule has 0 spiro atoms. The van der Waals surface area contributed by atoms with Gasteiger partial charge in [-0.15, -0.1) is 0 Å². The monoisotopic (exact) mass is 360 g/mol. The van der Waals surface area contributed by atoms with E-state index in [0.717, 1.165) is 17.3 Å². The summed E-state index contributed by atoms with van der Waals surface area (Å²) in [6, 6.07) is 7.34. The number of carbonyl (C=O) groups excluding carboxylic acids is 1. The van der Waals surface area contributed by atoms with E-state index in [9.17, 15) is 13.2 Å². The maximum absolute atomic E-state index is 11.8. The molecule has 0 bridgehead atoms. The third-order valence-electron chi connectivity index (χ3n) is 3.07. The molecule has 7 heteroatoms. The van der Waals surface area contributed by atoms with Crippen LogP contribution in [0, 0.1) is 0 Å². The molecule has 1 N–H and O–H groups in total. The molecule has 1 aromatic carbocycles. The highest BCUT2D eigenvalue weighted by atomic mass is 79.9. The minimum absolute atomic E-state index is 0.0884. The summed E-state index contributed by atoms with van der Waals surface area (Å²) in [4.78, 5) is 11.8. The molecule has 0 aliphatic heterocycles. The predicted molar refractivity (Wildman–Crippen MR) is 82.0 cm³/mol. The lowest BCUT2D eigenvalue weighted by molar-refractivity contribution is -0.116. The number of anilines is 1. The van der Waals surface area contributed by atoms with Crippen molar-refractivity contribution < 1.29 is 13.2 Å². The van der Waals surface area contributed by atoms with Crippen LogP contribution < -0.4 is 5.32 Å². The summed E-state index contributed by atoms with van der Waals surface area (Å²) in [7, 11) is -3.23. The molecule has 1 saturated carbocycles. The molecule has 0 atom stereocenters. The molecule has 0 radical (unpaired) electrons. The van der Waals surface area contributed by atoms with Gasteiger partial charge in [-0.3, -0.25) is 4.79 Å². The molecule has 20 heavy (non-hydrogen) atoms. The maximum Gasteiger partial charge on any atom is 0.225 e. The van der Waals surface area contributed by atoms with Crippen LogP contribution in [0.4, 0.5) is 5.69 Å². The fourth-order valence-electron chi connectivity index (χ4n) is 1.95. The Hall–Kier alpha value is -0.920. The van der Waals surface area contributed by atoms with Gasteiger partial charge in [0, 0.05) is 29.2 Å². The van der Waals surface area contributed by atoms with Crippen LogP contribution in [0.25, 0.3) is 0 Å². The standard InChI is InChI=1S/C13H17BrN2O3S/c1-20(18,19)16(12-6-7-12)9-8-13(17)15-11-4-2-10(14)3-5-11/h2-5,12H,6-9H2,1H3,(H,15,17). The summed E-state index contributed by atoms with van der Waals surface area (Å²) >= 11 is 3.32. The number of hydrogen-bond acceptors (Lipinski definition) is 3. The molecule has 0 heterocycles. The Kier molecular flexibility index (Phi) is 4.82. The lowest BCUT2D eigenvalue weighted by atomic mass is 10.3. The van der Waals surface area contributed by atoms with Crippen molar-refractivity contribution in [3.05, 3.63) is 28.7 Å². The van der Waals surface area contributed by atoms with E-state index in [2.05, 4.69) is 21.2 Å². The fourth-order valence-corrected chi connectivity index (χ4v) is 3.39. The molecule has 1 amide bonds. The molecule has 0 aromatic heterocycles. The van der Waals surface area contributed by atoms with E-state index in [0.29, 0.717) is 5.69 Å². The van der Waals surface area contributed by atoms with E-state index in [-0.39, 0.29) is 24.9 Å². The van der Waals surface area contributed by atoms with Crippen molar-refractivity contribution in [3.8, 4) is 0 Å². The molecule has 1 aliphatic rings. The van der Waals surface area contributed by atoms with Crippen LogP contribution in [-0.4, -0.2) is 37.5 Å². The second kappa shape index (κ2) is 6.24. The minimum Gasteiger partial charge on any atom is -0.326 e. The third-order valence-corrected chi connectivity index (χ3v) is 4.93. The normalized spacial score (nSPS) is 15.3.